The van der Waals surface area contributed by atoms with E-state index >= 15 is 0 Å². The molecular formula is C12H13BrCl4F2O5. The average molecular weight is 497 g/mol. The first kappa shape index (κ1) is 20.0. The summed E-state index contributed by atoms with van der Waals surface area (Å²) in [6, 6.07) is 0. The van der Waals surface area contributed by atoms with Gasteiger partial charge in [0.05, 0.1) is 0 Å². The Bertz CT molecular complexity index is 517. The van der Waals surface area contributed by atoms with Gasteiger partial charge in [-0.25, -0.2) is 0 Å². The zero-order valence-corrected chi connectivity index (χ0v) is 16.9. The molecule has 0 N–H and O–H groups in total. The highest BCUT2D eigenvalue weighted by molar-refractivity contribution is 9.09. The Balaban J connectivity index is 1.97. The highest BCUT2D eigenvalue weighted by atomic mass is 79.9. The molecule has 3 aliphatic rings. The Morgan fingerprint density at radius 3 is 2.21 bits per heavy atom. The van der Waals surface area contributed by atoms with E-state index in [-0.39, 0.29) is 6.61 Å². The van der Waals surface area contributed by atoms with Gasteiger partial charge in [-0.15, -0.1) is 0 Å². The Hall–Kier alpha value is 1.30. The van der Waals surface area contributed by atoms with Crippen LogP contribution in [0.1, 0.15) is 13.8 Å². The van der Waals surface area contributed by atoms with E-state index in [4.69, 9.17) is 70.1 Å². The summed E-state index contributed by atoms with van der Waals surface area (Å²) in [6.07, 6.45) is -3.79. The first-order chi connectivity index (χ1) is 10.8. The third kappa shape index (κ3) is 3.53. The molecule has 3 aliphatic heterocycles. The molecule has 140 valence electrons. The normalized spacial score (nSPS) is 45.6. The van der Waals surface area contributed by atoms with Crippen molar-refractivity contribution in [3.8, 4) is 0 Å². The highest BCUT2D eigenvalue weighted by Crippen LogP contribution is 2.54. The SMILES string of the molecule is CC1(C)OC[C@]2(O[C@@H](Br)[C@@H](C(F)(F)Cl)[C@@H]3O[C@@H](C(Cl)(Cl)Cl)O[C@@H]32)O1. The second kappa shape index (κ2) is 6.15. The van der Waals surface area contributed by atoms with Crippen molar-refractivity contribution in [1.29, 1.82) is 0 Å². The first-order valence-corrected chi connectivity index (χ1v) is 9.28. The zero-order chi connectivity index (χ0) is 18.1. The topological polar surface area (TPSA) is 46.2 Å². The number of fused-ring (bicyclic) bond motifs is 2. The van der Waals surface area contributed by atoms with Crippen LogP contribution in [-0.4, -0.2) is 50.9 Å². The van der Waals surface area contributed by atoms with Gasteiger partial charge in [0.2, 0.25) is 15.9 Å². The minimum absolute atomic E-state index is 0.0836. The molecule has 0 aromatic carbocycles. The van der Waals surface area contributed by atoms with E-state index in [2.05, 4.69) is 15.9 Å². The predicted molar refractivity (Wildman–Crippen MR) is 85.8 cm³/mol. The predicted octanol–water partition coefficient (Wildman–Crippen LogP) is 4.14. The van der Waals surface area contributed by atoms with Crippen molar-refractivity contribution in [3.63, 3.8) is 0 Å². The summed E-state index contributed by atoms with van der Waals surface area (Å²) in [4.78, 5) is 0. The number of alkyl halides is 7. The molecule has 0 amide bonds. The molecule has 24 heavy (non-hydrogen) atoms. The van der Waals surface area contributed by atoms with E-state index < -0.39 is 50.2 Å². The third-order valence-corrected chi connectivity index (χ3v) is 5.46. The van der Waals surface area contributed by atoms with E-state index in [9.17, 15) is 8.78 Å². The fraction of sp³-hybridized carbons (Fsp3) is 1.00. The quantitative estimate of drug-likeness (QED) is 0.511. The minimum atomic E-state index is -3.67. The van der Waals surface area contributed by atoms with Crippen molar-refractivity contribution in [1.82, 2.24) is 0 Å². The molecule has 1 spiro atoms. The maximum Gasteiger partial charge on any atom is 0.330 e. The number of hydrogen-bond donors (Lipinski definition) is 0. The number of ether oxygens (including phenoxy) is 5. The lowest BCUT2D eigenvalue weighted by atomic mass is 9.90. The largest absolute Gasteiger partial charge is 0.345 e. The molecule has 3 heterocycles. The lowest BCUT2D eigenvalue weighted by molar-refractivity contribution is -0.330. The van der Waals surface area contributed by atoms with E-state index in [0.717, 1.165) is 0 Å². The first-order valence-electron chi connectivity index (χ1n) is 6.86. The van der Waals surface area contributed by atoms with E-state index in [1.807, 2.05) is 0 Å². The lowest BCUT2D eigenvalue weighted by Crippen LogP contribution is -2.64. The van der Waals surface area contributed by atoms with Crippen molar-refractivity contribution < 1.29 is 32.5 Å². The highest BCUT2D eigenvalue weighted by Gasteiger charge is 2.70. The molecule has 12 heteroatoms. The summed E-state index contributed by atoms with van der Waals surface area (Å²) in [5.41, 5.74) is 0. The van der Waals surface area contributed by atoms with Gasteiger partial charge in [-0.05, 0) is 25.4 Å². The molecule has 0 aromatic rings. The fourth-order valence-electron chi connectivity index (χ4n) is 3.00. The summed E-state index contributed by atoms with van der Waals surface area (Å²) < 4.78 is 53.8. The Morgan fingerprint density at radius 1 is 1.12 bits per heavy atom. The van der Waals surface area contributed by atoms with Crippen molar-refractivity contribution in [3.05, 3.63) is 0 Å². The maximum absolute atomic E-state index is 13.9. The van der Waals surface area contributed by atoms with Gasteiger partial charge in [-0.1, -0.05) is 50.7 Å². The molecule has 0 bridgehead atoms. The van der Waals surface area contributed by atoms with Crippen LogP contribution in [0.3, 0.4) is 0 Å². The van der Waals surface area contributed by atoms with Crippen LogP contribution >= 0.6 is 62.3 Å². The van der Waals surface area contributed by atoms with Gasteiger partial charge < -0.3 is 23.7 Å². The van der Waals surface area contributed by atoms with Crippen molar-refractivity contribution in [2.75, 3.05) is 6.61 Å². The van der Waals surface area contributed by atoms with Crippen LogP contribution in [0.2, 0.25) is 0 Å². The van der Waals surface area contributed by atoms with E-state index in [1.54, 1.807) is 13.8 Å². The van der Waals surface area contributed by atoms with Crippen LogP contribution in [0.25, 0.3) is 0 Å². The molecule has 3 rings (SSSR count). The van der Waals surface area contributed by atoms with Gasteiger partial charge in [-0.3, -0.25) is 0 Å². The average Bonchev–Trinajstić information content (AvgIpc) is 2.90. The molecule has 3 fully saturated rings. The number of halogens is 7. The molecule has 5 nitrogen and oxygen atoms in total. The van der Waals surface area contributed by atoms with Gasteiger partial charge in [-0.2, -0.15) is 8.78 Å². The molecule has 3 saturated heterocycles. The molecule has 0 unspecified atom stereocenters. The fourth-order valence-corrected chi connectivity index (χ4v) is 4.65. The maximum atomic E-state index is 13.9. The van der Waals surface area contributed by atoms with Crippen molar-refractivity contribution in [2.45, 2.75) is 58.1 Å². The van der Waals surface area contributed by atoms with Crippen LogP contribution in [0.15, 0.2) is 0 Å². The zero-order valence-electron chi connectivity index (χ0n) is 12.3. The Kier molecular flexibility index (Phi) is 5.14. The third-order valence-electron chi connectivity index (χ3n) is 3.92. The summed E-state index contributed by atoms with van der Waals surface area (Å²) in [5.74, 6) is -4.14. The smallest absolute Gasteiger partial charge is 0.330 e. The standard InChI is InChI=1S/C12H13BrCl4F2O5/c1-9(2)20-3-10(24-9)6-5(21-8(22-6)11(14,15)16)4(7(13)23-10)12(17,18)19/h4-8H,3H2,1-2H3/t4-,5-,6-,7+,8+,10-/m0/s1. The van der Waals surface area contributed by atoms with Crippen molar-refractivity contribution in [2.24, 2.45) is 5.92 Å². The van der Waals surface area contributed by atoms with Gasteiger partial charge in [0.25, 0.3) is 0 Å². The molecule has 0 radical (unpaired) electrons. The lowest BCUT2D eigenvalue weighted by Gasteiger charge is -2.46. The molecular weight excluding hydrogens is 484 g/mol. The van der Waals surface area contributed by atoms with E-state index in [0.29, 0.717) is 0 Å². The van der Waals surface area contributed by atoms with Crippen LogP contribution in [0.5, 0.6) is 0 Å². The van der Waals surface area contributed by atoms with Crippen molar-refractivity contribution >= 4 is 62.3 Å². The second-order valence-electron chi connectivity index (χ2n) is 6.17. The van der Waals surface area contributed by atoms with Crippen LogP contribution < -0.4 is 0 Å². The molecule has 0 aromatic heterocycles. The number of rotatable bonds is 1. The Labute approximate surface area is 165 Å². The molecule has 0 aliphatic carbocycles. The van der Waals surface area contributed by atoms with Gasteiger partial charge in [0.1, 0.15) is 29.7 Å². The van der Waals surface area contributed by atoms with Gasteiger partial charge in [0.15, 0.2) is 5.79 Å². The van der Waals surface area contributed by atoms with Crippen LogP contribution in [-0.2, 0) is 23.7 Å². The minimum Gasteiger partial charge on any atom is -0.345 e. The van der Waals surface area contributed by atoms with Gasteiger partial charge in [0, 0.05) is 0 Å². The van der Waals surface area contributed by atoms with Crippen LogP contribution in [0, 0.1) is 5.92 Å². The van der Waals surface area contributed by atoms with Gasteiger partial charge >= 0.3 is 5.38 Å². The summed E-state index contributed by atoms with van der Waals surface area (Å²) in [5, 5.41) is -4.87. The second-order valence-corrected chi connectivity index (χ2v) is 9.95. The van der Waals surface area contributed by atoms with E-state index in [1.165, 1.54) is 0 Å². The Morgan fingerprint density at radius 2 is 1.75 bits per heavy atom. The van der Waals surface area contributed by atoms with Crippen LogP contribution in [0.4, 0.5) is 8.78 Å². The molecule has 6 atom stereocenters. The summed E-state index contributed by atoms with van der Waals surface area (Å²) in [7, 11) is 0. The molecule has 0 saturated carbocycles. The summed E-state index contributed by atoms with van der Waals surface area (Å²) in [6.45, 7) is 3.21. The monoisotopic (exact) mass is 494 g/mol. The summed E-state index contributed by atoms with van der Waals surface area (Å²) >= 11 is 25.7. The number of hydrogen-bond acceptors (Lipinski definition) is 5.